The number of hydrogen-bond acceptors (Lipinski definition) is 3. The van der Waals surface area contributed by atoms with Crippen molar-refractivity contribution in [2.24, 2.45) is 5.41 Å². The van der Waals surface area contributed by atoms with Crippen molar-refractivity contribution in [1.82, 2.24) is 14.8 Å². The minimum atomic E-state index is 0.127. The van der Waals surface area contributed by atoms with Crippen LogP contribution in [0.15, 0.2) is 0 Å². The maximum absolute atomic E-state index is 5.43. The molecule has 1 aromatic rings. The van der Waals surface area contributed by atoms with Crippen LogP contribution < -0.4 is 0 Å². The zero-order valence-electron chi connectivity index (χ0n) is 9.57. The predicted molar refractivity (Wildman–Crippen MR) is 60.4 cm³/mol. The zero-order valence-corrected chi connectivity index (χ0v) is 10.4. The molecule has 0 amide bonds. The molecule has 1 fully saturated rings. The van der Waals surface area contributed by atoms with Gasteiger partial charge in [-0.25, -0.2) is 0 Å². The summed E-state index contributed by atoms with van der Waals surface area (Å²) in [6.45, 7) is 6.40. The zero-order chi connectivity index (χ0) is 11.2. The lowest BCUT2D eigenvalue weighted by molar-refractivity contribution is -0.113. The molecular formula is C10H17N3OS. The van der Waals surface area contributed by atoms with Crippen LogP contribution in [-0.4, -0.2) is 28.0 Å². The van der Waals surface area contributed by atoms with Crippen LogP contribution in [0.4, 0.5) is 0 Å². The SMILES string of the molecule is COC1CC(n2c(C)n[nH]c2=S)C1(C)C. The van der Waals surface area contributed by atoms with Crippen LogP contribution >= 0.6 is 12.2 Å². The van der Waals surface area contributed by atoms with Gasteiger partial charge in [-0.2, -0.15) is 5.10 Å². The third-order valence-corrected chi connectivity index (χ3v) is 3.89. The van der Waals surface area contributed by atoms with Gasteiger partial charge < -0.3 is 9.30 Å². The Morgan fingerprint density at radius 3 is 2.67 bits per heavy atom. The summed E-state index contributed by atoms with van der Waals surface area (Å²) in [5.41, 5.74) is 0.127. The second-order valence-electron chi connectivity index (χ2n) is 4.74. The fourth-order valence-electron chi connectivity index (χ4n) is 2.45. The quantitative estimate of drug-likeness (QED) is 0.788. The van der Waals surface area contributed by atoms with Crippen LogP contribution in [0.2, 0.25) is 0 Å². The molecule has 1 aliphatic carbocycles. The highest BCUT2D eigenvalue weighted by Gasteiger charge is 2.50. The summed E-state index contributed by atoms with van der Waals surface area (Å²) < 4.78 is 8.24. The Labute approximate surface area is 94.6 Å². The summed E-state index contributed by atoms with van der Waals surface area (Å²) in [7, 11) is 1.77. The number of aromatic amines is 1. The molecule has 2 rings (SSSR count). The van der Waals surface area contributed by atoms with Crippen molar-refractivity contribution in [3.05, 3.63) is 10.6 Å². The molecule has 0 radical (unpaired) electrons. The van der Waals surface area contributed by atoms with E-state index in [0.29, 0.717) is 16.9 Å². The van der Waals surface area contributed by atoms with E-state index in [9.17, 15) is 0 Å². The van der Waals surface area contributed by atoms with Crippen molar-refractivity contribution >= 4 is 12.2 Å². The van der Waals surface area contributed by atoms with Crippen LogP contribution in [0.5, 0.6) is 0 Å². The van der Waals surface area contributed by atoms with Gasteiger partial charge in [0.2, 0.25) is 0 Å². The Morgan fingerprint density at radius 2 is 2.27 bits per heavy atom. The van der Waals surface area contributed by atoms with E-state index < -0.39 is 0 Å². The van der Waals surface area contributed by atoms with Crippen LogP contribution in [0.3, 0.4) is 0 Å². The summed E-state index contributed by atoms with van der Waals surface area (Å²) in [5.74, 6) is 0.952. The fourth-order valence-corrected chi connectivity index (χ4v) is 2.76. The molecule has 4 nitrogen and oxygen atoms in total. The van der Waals surface area contributed by atoms with E-state index in [0.717, 1.165) is 12.2 Å². The van der Waals surface area contributed by atoms with Gasteiger partial charge in [0.15, 0.2) is 4.77 Å². The van der Waals surface area contributed by atoms with Crippen LogP contribution in [0.25, 0.3) is 0 Å². The molecule has 1 saturated carbocycles. The van der Waals surface area contributed by atoms with Gasteiger partial charge in [0, 0.05) is 18.6 Å². The van der Waals surface area contributed by atoms with Crippen LogP contribution in [0, 0.1) is 17.1 Å². The van der Waals surface area contributed by atoms with Crippen molar-refractivity contribution in [1.29, 1.82) is 0 Å². The van der Waals surface area contributed by atoms with Gasteiger partial charge in [-0.3, -0.25) is 5.10 Å². The van der Waals surface area contributed by atoms with E-state index in [4.69, 9.17) is 17.0 Å². The second kappa shape index (κ2) is 3.42. The van der Waals surface area contributed by atoms with Gasteiger partial charge in [0.25, 0.3) is 0 Å². The molecule has 2 unspecified atom stereocenters. The number of ether oxygens (including phenoxy) is 1. The summed E-state index contributed by atoms with van der Waals surface area (Å²) >= 11 is 5.23. The second-order valence-corrected chi connectivity index (χ2v) is 5.13. The van der Waals surface area contributed by atoms with Gasteiger partial charge in [0.1, 0.15) is 5.82 Å². The minimum absolute atomic E-state index is 0.127. The van der Waals surface area contributed by atoms with Crippen LogP contribution in [0.1, 0.15) is 32.1 Å². The number of aromatic nitrogens is 3. The number of H-pyrrole nitrogens is 1. The van der Waals surface area contributed by atoms with Gasteiger partial charge in [-0.1, -0.05) is 13.8 Å². The largest absolute Gasteiger partial charge is 0.381 e. The highest BCUT2D eigenvalue weighted by molar-refractivity contribution is 7.71. The van der Waals surface area contributed by atoms with E-state index in [1.54, 1.807) is 7.11 Å². The molecule has 0 bridgehead atoms. The third kappa shape index (κ3) is 1.45. The number of hydrogen-bond donors (Lipinski definition) is 1. The van der Waals surface area contributed by atoms with E-state index in [2.05, 4.69) is 28.6 Å². The molecule has 84 valence electrons. The number of nitrogens with zero attached hydrogens (tertiary/aromatic N) is 2. The molecule has 0 spiro atoms. The van der Waals surface area contributed by atoms with Crippen molar-refractivity contribution in [3.8, 4) is 0 Å². The van der Waals surface area contributed by atoms with Gasteiger partial charge >= 0.3 is 0 Å². The van der Waals surface area contributed by atoms with E-state index in [1.165, 1.54) is 0 Å². The van der Waals surface area contributed by atoms with E-state index >= 15 is 0 Å². The number of rotatable bonds is 2. The Hall–Kier alpha value is -0.680. The predicted octanol–water partition coefficient (Wildman–Crippen LogP) is 2.24. The van der Waals surface area contributed by atoms with Gasteiger partial charge in [0.05, 0.1) is 6.10 Å². The van der Waals surface area contributed by atoms with E-state index in [1.807, 2.05) is 6.92 Å². The van der Waals surface area contributed by atoms with Crippen molar-refractivity contribution in [3.63, 3.8) is 0 Å². The maximum atomic E-state index is 5.43. The summed E-state index contributed by atoms with van der Waals surface area (Å²) in [6, 6.07) is 0.397. The maximum Gasteiger partial charge on any atom is 0.195 e. The van der Waals surface area contributed by atoms with Crippen molar-refractivity contribution < 1.29 is 4.74 Å². The number of methoxy groups -OCH3 is 1. The highest BCUT2D eigenvalue weighted by Crippen LogP contribution is 2.51. The highest BCUT2D eigenvalue weighted by atomic mass is 32.1. The summed E-state index contributed by atoms with van der Waals surface area (Å²) in [5, 5.41) is 6.97. The molecule has 15 heavy (non-hydrogen) atoms. The summed E-state index contributed by atoms with van der Waals surface area (Å²) in [4.78, 5) is 0. The first-order chi connectivity index (χ1) is 6.98. The lowest BCUT2D eigenvalue weighted by Gasteiger charge is -2.51. The van der Waals surface area contributed by atoms with Crippen LogP contribution in [-0.2, 0) is 4.74 Å². The molecule has 1 aliphatic rings. The third-order valence-electron chi connectivity index (χ3n) is 3.60. The lowest BCUT2D eigenvalue weighted by atomic mass is 9.64. The first-order valence-electron chi connectivity index (χ1n) is 5.14. The Kier molecular flexibility index (Phi) is 2.47. The molecule has 1 aromatic heterocycles. The molecule has 0 aliphatic heterocycles. The average molecular weight is 227 g/mol. The fraction of sp³-hybridized carbons (Fsp3) is 0.800. The molecular weight excluding hydrogens is 210 g/mol. The van der Waals surface area contributed by atoms with Crippen molar-refractivity contribution in [2.75, 3.05) is 7.11 Å². The van der Waals surface area contributed by atoms with Gasteiger partial charge in [-0.15, -0.1) is 0 Å². The van der Waals surface area contributed by atoms with Crippen molar-refractivity contribution in [2.45, 2.75) is 39.3 Å². The molecule has 0 saturated heterocycles. The van der Waals surface area contributed by atoms with E-state index in [-0.39, 0.29) is 5.41 Å². The number of aryl methyl sites for hydroxylation is 1. The Bertz CT molecular complexity index is 421. The lowest BCUT2D eigenvalue weighted by Crippen LogP contribution is -2.51. The summed E-state index contributed by atoms with van der Waals surface area (Å²) in [6.07, 6.45) is 1.33. The Balaban J connectivity index is 2.33. The monoisotopic (exact) mass is 227 g/mol. The molecule has 1 N–H and O–H groups in total. The average Bonchev–Trinajstić information content (AvgIpc) is 2.48. The first kappa shape index (κ1) is 10.8. The normalized spacial score (nSPS) is 28.8. The molecule has 5 heteroatoms. The molecule has 1 heterocycles. The smallest absolute Gasteiger partial charge is 0.195 e. The topological polar surface area (TPSA) is 42.8 Å². The molecule has 2 atom stereocenters. The standard InChI is InChI=1S/C10H17N3OS/c1-6-11-12-9(15)13(6)7-5-8(14-4)10(7,2)3/h7-8H,5H2,1-4H3,(H,12,15). The first-order valence-corrected chi connectivity index (χ1v) is 5.55. The van der Waals surface area contributed by atoms with Gasteiger partial charge in [-0.05, 0) is 25.6 Å². The molecule has 0 aromatic carbocycles. The number of nitrogens with one attached hydrogen (secondary N) is 1. The Morgan fingerprint density at radius 1 is 1.60 bits per heavy atom. The minimum Gasteiger partial charge on any atom is -0.381 e.